The topological polar surface area (TPSA) is 116 Å². The van der Waals surface area contributed by atoms with Crippen LogP contribution in [0, 0.1) is 22.2 Å². The van der Waals surface area contributed by atoms with Gasteiger partial charge in [-0.05, 0) is 54.4 Å². The molecule has 236 valence electrons. The minimum absolute atomic E-state index is 0.0700. The number of imidazole rings is 1. The van der Waals surface area contributed by atoms with E-state index in [1.807, 2.05) is 26.8 Å². The number of amides is 2. The van der Waals surface area contributed by atoms with Crippen molar-refractivity contribution in [2.75, 3.05) is 11.9 Å². The van der Waals surface area contributed by atoms with Crippen molar-refractivity contribution in [3.63, 3.8) is 0 Å². The van der Waals surface area contributed by atoms with Crippen LogP contribution in [0.25, 0.3) is 11.2 Å². The van der Waals surface area contributed by atoms with E-state index in [0.29, 0.717) is 30.7 Å². The summed E-state index contributed by atoms with van der Waals surface area (Å²) < 4.78 is 28.1. The number of nitriles is 1. The molecule has 0 saturated carbocycles. The van der Waals surface area contributed by atoms with E-state index in [0.717, 1.165) is 23.3 Å². The number of likely N-dealkylation sites (tertiary alicyclic amines) is 1. The average Bonchev–Trinajstić information content (AvgIpc) is 3.68. The molecule has 44 heavy (non-hydrogen) atoms. The Kier molecular flexibility index (Phi) is 9.90. The second kappa shape index (κ2) is 13.1. The number of thiophene rings is 1. The lowest BCUT2D eigenvalue weighted by molar-refractivity contribution is -0.127. The Morgan fingerprint density at radius 2 is 1.95 bits per heavy atom. The highest BCUT2D eigenvalue weighted by Crippen LogP contribution is 2.30. The van der Waals surface area contributed by atoms with E-state index in [-0.39, 0.29) is 56.6 Å². The van der Waals surface area contributed by atoms with Gasteiger partial charge in [0.25, 0.3) is 18.2 Å². The summed E-state index contributed by atoms with van der Waals surface area (Å²) in [6.45, 7) is 15.8. The molecule has 1 saturated heterocycles. The molecule has 2 N–H and O–H groups in total. The zero-order valence-electron chi connectivity index (χ0n) is 26.4. The highest BCUT2D eigenvalue weighted by molar-refractivity contribution is 7.14. The molecule has 4 rings (SSSR count). The number of carbonyl (C=O) groups is 2. The Labute approximate surface area is 261 Å². The molecule has 0 aromatic carbocycles. The minimum Gasteiger partial charge on any atom is -0.333 e. The molecule has 1 aliphatic rings. The molecule has 12 heteroatoms. The van der Waals surface area contributed by atoms with Crippen LogP contribution in [0.2, 0.25) is 0 Å². The Morgan fingerprint density at radius 3 is 2.57 bits per heavy atom. The maximum Gasteiger partial charge on any atom is 0.272 e. The smallest absolute Gasteiger partial charge is 0.272 e. The summed E-state index contributed by atoms with van der Waals surface area (Å²) in [6, 6.07) is 6.57. The van der Waals surface area contributed by atoms with Gasteiger partial charge < -0.3 is 10.2 Å². The predicted octanol–water partition coefficient (Wildman–Crippen LogP) is 6.69. The van der Waals surface area contributed by atoms with Gasteiger partial charge in [-0.3, -0.25) is 19.5 Å². The fourth-order valence-corrected chi connectivity index (χ4v) is 5.74. The molecule has 3 aromatic heterocycles. The average molecular weight is 626 g/mol. The second-order valence-corrected chi connectivity index (χ2v) is 14.6. The van der Waals surface area contributed by atoms with Gasteiger partial charge in [0, 0.05) is 31.9 Å². The molecule has 2 amide bonds. The largest absolute Gasteiger partial charge is 0.333 e. The number of allylic oxidation sites excluding steroid dienone is 1. The molecule has 4 heterocycles. The first-order valence-electron chi connectivity index (χ1n) is 14.8. The van der Waals surface area contributed by atoms with Crippen molar-refractivity contribution in [2.45, 2.75) is 92.9 Å². The quantitative estimate of drug-likeness (QED) is 0.202. The van der Waals surface area contributed by atoms with Gasteiger partial charge in [0.15, 0.2) is 5.65 Å². The maximum atomic E-state index is 13.5. The molecule has 0 aliphatic carbocycles. The van der Waals surface area contributed by atoms with Crippen molar-refractivity contribution in [3.8, 4) is 6.07 Å². The SMILES string of the molecule is C[C@H](NCc1cnc2c(c1)nc(NC(=O)c1ccc(C(F)F)s1)n2CC1CCCN1C(=O)C(C#N)=CC(C)(C)C)C(C)(C)C. The fourth-order valence-electron chi connectivity index (χ4n) is 4.98. The van der Waals surface area contributed by atoms with Crippen LogP contribution in [0.1, 0.15) is 87.8 Å². The summed E-state index contributed by atoms with van der Waals surface area (Å²) in [5.74, 6) is -0.673. The summed E-state index contributed by atoms with van der Waals surface area (Å²) >= 11 is 0.729. The lowest BCUT2D eigenvalue weighted by Gasteiger charge is -2.28. The number of fused-ring (bicyclic) bond motifs is 1. The number of anilines is 1. The van der Waals surface area contributed by atoms with Crippen LogP contribution in [0.5, 0.6) is 0 Å². The Morgan fingerprint density at radius 1 is 1.23 bits per heavy atom. The van der Waals surface area contributed by atoms with Crippen molar-refractivity contribution >= 4 is 40.3 Å². The van der Waals surface area contributed by atoms with Crippen molar-refractivity contribution in [3.05, 3.63) is 51.4 Å². The molecule has 1 aliphatic heterocycles. The number of rotatable bonds is 9. The van der Waals surface area contributed by atoms with Gasteiger partial charge in [0.05, 0.1) is 15.8 Å². The number of halogens is 2. The maximum absolute atomic E-state index is 13.5. The first kappa shape index (κ1) is 33.2. The summed E-state index contributed by atoms with van der Waals surface area (Å²) in [7, 11) is 0. The Bertz CT molecular complexity index is 1590. The number of aromatic nitrogens is 3. The lowest BCUT2D eigenvalue weighted by atomic mass is 9.88. The van der Waals surface area contributed by atoms with Gasteiger partial charge >= 0.3 is 0 Å². The number of pyridine rings is 1. The first-order valence-corrected chi connectivity index (χ1v) is 15.6. The third-order valence-electron chi connectivity index (χ3n) is 7.80. The summed E-state index contributed by atoms with van der Waals surface area (Å²) in [5.41, 5.74) is 1.82. The number of carbonyl (C=O) groups excluding carboxylic acids is 2. The summed E-state index contributed by atoms with van der Waals surface area (Å²) in [4.78, 5) is 37.7. The van der Waals surface area contributed by atoms with Gasteiger partial charge in [-0.2, -0.15) is 5.26 Å². The zero-order valence-corrected chi connectivity index (χ0v) is 27.2. The van der Waals surface area contributed by atoms with Crippen molar-refractivity contribution in [1.82, 2.24) is 24.8 Å². The molecule has 9 nitrogen and oxygen atoms in total. The number of nitrogens with zero attached hydrogens (tertiary/aromatic N) is 5. The molecule has 0 bridgehead atoms. The van der Waals surface area contributed by atoms with E-state index in [4.69, 9.17) is 9.97 Å². The van der Waals surface area contributed by atoms with Gasteiger partial charge in [-0.25, -0.2) is 18.7 Å². The Hall–Kier alpha value is -3.69. The van der Waals surface area contributed by atoms with E-state index in [2.05, 4.69) is 44.4 Å². The van der Waals surface area contributed by atoms with Crippen molar-refractivity contribution in [2.24, 2.45) is 10.8 Å². The monoisotopic (exact) mass is 625 g/mol. The normalized spacial score (nSPS) is 16.9. The molecular weight excluding hydrogens is 584 g/mol. The number of hydrogen-bond donors (Lipinski definition) is 2. The van der Waals surface area contributed by atoms with Crippen LogP contribution in [-0.2, 0) is 17.9 Å². The summed E-state index contributed by atoms with van der Waals surface area (Å²) in [6.07, 6.45) is 2.25. The predicted molar refractivity (Wildman–Crippen MR) is 168 cm³/mol. The number of hydrogen-bond acceptors (Lipinski definition) is 7. The fraction of sp³-hybridized carbons (Fsp3) is 0.531. The van der Waals surface area contributed by atoms with Gasteiger partial charge in [-0.15, -0.1) is 11.3 Å². The Balaban J connectivity index is 1.67. The van der Waals surface area contributed by atoms with E-state index >= 15 is 0 Å². The van der Waals surface area contributed by atoms with Crippen LogP contribution in [-0.4, -0.2) is 49.9 Å². The van der Waals surface area contributed by atoms with Gasteiger partial charge in [-0.1, -0.05) is 47.6 Å². The van der Waals surface area contributed by atoms with Crippen LogP contribution in [0.15, 0.2) is 36.0 Å². The van der Waals surface area contributed by atoms with Gasteiger partial charge in [0.1, 0.15) is 17.2 Å². The molecule has 2 atom stereocenters. The molecule has 3 aromatic rings. The van der Waals surface area contributed by atoms with Crippen LogP contribution >= 0.6 is 11.3 Å². The number of alkyl halides is 2. The molecule has 0 spiro atoms. The second-order valence-electron chi connectivity index (χ2n) is 13.5. The van der Waals surface area contributed by atoms with E-state index in [1.165, 1.54) is 12.1 Å². The van der Waals surface area contributed by atoms with Crippen LogP contribution in [0.3, 0.4) is 0 Å². The molecular formula is C32H41F2N7O2S. The highest BCUT2D eigenvalue weighted by atomic mass is 32.1. The number of nitrogens with one attached hydrogen (secondary N) is 2. The highest BCUT2D eigenvalue weighted by Gasteiger charge is 2.33. The zero-order chi connectivity index (χ0) is 32.4. The first-order chi connectivity index (χ1) is 20.6. The van der Waals surface area contributed by atoms with Crippen LogP contribution < -0.4 is 10.6 Å². The van der Waals surface area contributed by atoms with Crippen molar-refractivity contribution < 1.29 is 18.4 Å². The standard InChI is InChI=1S/C32H41F2N7O2S/c1-19(32(5,6)7)36-16-20-13-23-27(37-17-20)41(30(38-23)39-28(42)25-11-10-24(44-25)26(33)34)18-22-9-8-12-40(22)29(43)21(15-35)14-31(2,3)4/h10-11,13-14,17,19,22,26,36H,8-9,12,16,18H2,1-7H3,(H,38,39,42)/t19-,22?/m0/s1. The van der Waals surface area contributed by atoms with E-state index < -0.39 is 12.3 Å². The van der Waals surface area contributed by atoms with Gasteiger partial charge in [0.2, 0.25) is 5.95 Å². The van der Waals surface area contributed by atoms with E-state index in [1.54, 1.807) is 21.7 Å². The van der Waals surface area contributed by atoms with Crippen LogP contribution in [0.4, 0.5) is 14.7 Å². The lowest BCUT2D eigenvalue weighted by Crippen LogP contribution is -2.39. The third-order valence-corrected chi connectivity index (χ3v) is 8.89. The third kappa shape index (κ3) is 7.87. The van der Waals surface area contributed by atoms with Crippen molar-refractivity contribution in [1.29, 1.82) is 5.26 Å². The summed E-state index contributed by atoms with van der Waals surface area (Å²) in [5, 5.41) is 16.1. The van der Waals surface area contributed by atoms with E-state index in [9.17, 15) is 23.6 Å². The molecule has 1 fully saturated rings. The molecule has 0 radical (unpaired) electrons. The molecule has 1 unspecified atom stereocenters. The minimum atomic E-state index is -2.67.